The molecule has 3 heterocycles. The lowest BCUT2D eigenvalue weighted by molar-refractivity contribution is -0.644. The molecule has 1 atom stereocenters. The summed E-state index contributed by atoms with van der Waals surface area (Å²) in [6.45, 7) is 1.42. The van der Waals surface area contributed by atoms with Gasteiger partial charge in [0.25, 0.3) is 6.29 Å². The number of methoxy groups -OCH3 is 1. The van der Waals surface area contributed by atoms with Crippen LogP contribution in [0.15, 0.2) is 54.7 Å². The van der Waals surface area contributed by atoms with Gasteiger partial charge in [-0.05, 0) is 35.9 Å². The van der Waals surface area contributed by atoms with Crippen LogP contribution in [0.4, 0.5) is 0 Å². The van der Waals surface area contributed by atoms with Crippen molar-refractivity contribution in [2.75, 3.05) is 20.3 Å². The van der Waals surface area contributed by atoms with Crippen LogP contribution < -0.4 is 38.0 Å². The number of aromatic nitrogens is 1. The second kappa shape index (κ2) is 8.08. The van der Waals surface area contributed by atoms with Crippen LogP contribution in [-0.2, 0) is 22.1 Å². The van der Waals surface area contributed by atoms with E-state index in [0.29, 0.717) is 13.2 Å². The third-order valence-corrected chi connectivity index (χ3v) is 5.92. The fourth-order valence-electron chi connectivity index (χ4n) is 4.21. The predicted molar refractivity (Wildman–Crippen MR) is 104 cm³/mol. The molecule has 0 radical (unpaired) electrons. The van der Waals surface area contributed by atoms with Crippen LogP contribution in [0.5, 0.6) is 11.5 Å². The van der Waals surface area contributed by atoms with Gasteiger partial charge in [0, 0.05) is 56.2 Å². The normalized spacial score (nSPS) is 19.7. The van der Waals surface area contributed by atoms with E-state index in [-0.39, 0.29) is 29.6 Å². The van der Waals surface area contributed by atoms with Gasteiger partial charge in [0.05, 0.1) is 5.60 Å². The molecule has 0 spiro atoms. The number of fused-ring (bicyclic) bond motifs is 2. The maximum absolute atomic E-state index is 6.18. The lowest BCUT2D eigenvalue weighted by Gasteiger charge is -2.36. The van der Waals surface area contributed by atoms with Gasteiger partial charge in [-0.2, -0.15) is 0 Å². The number of benzene rings is 2. The first kappa shape index (κ1) is 20.4. The Hall–Kier alpha value is -1.90. The number of ether oxygens (including phenoxy) is 4. The number of nitrogens with zero attached hydrogens (tertiary/aromatic N) is 1. The lowest BCUT2D eigenvalue weighted by atomic mass is 9.86. The number of hydrogen-bond donors (Lipinski definition) is 0. The average Bonchev–Trinajstić information content (AvgIpc) is 3.17. The lowest BCUT2D eigenvalue weighted by Crippen LogP contribution is -3.00. The molecule has 1 aromatic heterocycles. The summed E-state index contributed by atoms with van der Waals surface area (Å²) in [6, 6.07) is 16.6. The smallest absolute Gasteiger partial charge is 0.268 e. The topological polar surface area (TPSA) is 40.8 Å². The number of hydrogen-bond acceptors (Lipinski definition) is 4. The first-order chi connectivity index (χ1) is 13.7. The van der Waals surface area contributed by atoms with Crippen molar-refractivity contribution in [1.82, 2.24) is 0 Å². The van der Waals surface area contributed by atoms with Gasteiger partial charge >= 0.3 is 0 Å². The zero-order chi connectivity index (χ0) is 19.1. The van der Waals surface area contributed by atoms with Crippen LogP contribution in [-0.4, -0.2) is 20.3 Å². The molecule has 3 aromatic rings. The van der Waals surface area contributed by atoms with Crippen LogP contribution in [0.2, 0.25) is 0 Å². The Morgan fingerprint density at radius 2 is 1.79 bits per heavy atom. The molecule has 2 aliphatic heterocycles. The SMILES string of the molecule is COC1(c2ccc3c(c2)OC(c2ccc4c(ccc[n+]4C)c2)O3)CCOCC1.[I-]. The summed E-state index contributed by atoms with van der Waals surface area (Å²) in [4.78, 5) is 0. The highest BCUT2D eigenvalue weighted by Gasteiger charge is 2.36. The first-order valence-electron chi connectivity index (χ1n) is 9.68. The fourth-order valence-corrected chi connectivity index (χ4v) is 4.21. The predicted octanol–water partition coefficient (Wildman–Crippen LogP) is 0.790. The molecular formula is C23H24INO4. The van der Waals surface area contributed by atoms with Crippen molar-refractivity contribution < 1.29 is 47.5 Å². The Morgan fingerprint density at radius 1 is 1.00 bits per heavy atom. The van der Waals surface area contributed by atoms with E-state index in [9.17, 15) is 0 Å². The molecule has 2 aliphatic rings. The number of pyridine rings is 1. The molecular weight excluding hydrogens is 481 g/mol. The second-order valence-electron chi connectivity index (χ2n) is 7.48. The Morgan fingerprint density at radius 3 is 2.59 bits per heavy atom. The van der Waals surface area contributed by atoms with Crippen molar-refractivity contribution in [3.63, 3.8) is 0 Å². The van der Waals surface area contributed by atoms with E-state index in [0.717, 1.165) is 40.9 Å². The summed E-state index contributed by atoms with van der Waals surface area (Å²) in [5.41, 5.74) is 2.98. The Labute approximate surface area is 187 Å². The van der Waals surface area contributed by atoms with Gasteiger partial charge in [0.1, 0.15) is 7.05 Å². The van der Waals surface area contributed by atoms with Crippen molar-refractivity contribution in [3.05, 3.63) is 65.9 Å². The van der Waals surface area contributed by atoms with Crippen LogP contribution >= 0.6 is 0 Å². The highest BCUT2D eigenvalue weighted by molar-refractivity contribution is 5.76. The van der Waals surface area contributed by atoms with Gasteiger partial charge in [-0.3, -0.25) is 0 Å². The number of aryl methyl sites for hydroxylation is 1. The van der Waals surface area contributed by atoms with Crippen LogP contribution in [0, 0.1) is 0 Å². The zero-order valence-electron chi connectivity index (χ0n) is 16.6. The largest absolute Gasteiger partial charge is 1.00 e. The third-order valence-electron chi connectivity index (χ3n) is 5.92. The Bertz CT molecular complexity index is 1030. The van der Waals surface area contributed by atoms with Gasteiger partial charge < -0.3 is 42.9 Å². The van der Waals surface area contributed by atoms with Gasteiger partial charge in [-0.15, -0.1) is 0 Å². The number of halogens is 1. The number of rotatable bonds is 3. The first-order valence-corrected chi connectivity index (χ1v) is 9.68. The van der Waals surface area contributed by atoms with Gasteiger partial charge in [0.15, 0.2) is 17.7 Å². The average molecular weight is 505 g/mol. The van der Waals surface area contributed by atoms with E-state index in [1.807, 2.05) is 25.4 Å². The summed E-state index contributed by atoms with van der Waals surface area (Å²) < 4.78 is 25.8. The minimum absolute atomic E-state index is 0. The van der Waals surface area contributed by atoms with Gasteiger partial charge in [-0.25, -0.2) is 4.57 Å². The van der Waals surface area contributed by atoms with Crippen LogP contribution in [0.1, 0.15) is 30.3 Å². The minimum atomic E-state index is -0.437. The Kier molecular flexibility index (Phi) is 5.68. The minimum Gasteiger partial charge on any atom is -1.00 e. The van der Waals surface area contributed by atoms with E-state index in [1.165, 1.54) is 5.52 Å². The van der Waals surface area contributed by atoms with Crippen molar-refractivity contribution >= 4 is 10.9 Å². The summed E-state index contributed by atoms with van der Waals surface area (Å²) in [5, 5.41) is 1.16. The Balaban J connectivity index is 0.00000205. The molecule has 1 fully saturated rings. The molecule has 29 heavy (non-hydrogen) atoms. The van der Waals surface area contributed by atoms with Gasteiger partial charge in [0.2, 0.25) is 5.52 Å². The molecule has 1 unspecified atom stereocenters. The monoisotopic (exact) mass is 505 g/mol. The van der Waals surface area contributed by atoms with E-state index < -0.39 is 6.29 Å². The van der Waals surface area contributed by atoms with Crippen molar-refractivity contribution in [1.29, 1.82) is 0 Å². The summed E-state index contributed by atoms with van der Waals surface area (Å²) in [5.74, 6) is 1.54. The van der Waals surface area contributed by atoms with E-state index in [4.69, 9.17) is 18.9 Å². The molecule has 0 bridgehead atoms. The molecule has 0 aliphatic carbocycles. The van der Waals surface area contributed by atoms with Crippen molar-refractivity contribution in [2.24, 2.45) is 7.05 Å². The molecule has 152 valence electrons. The zero-order valence-corrected chi connectivity index (χ0v) is 18.7. The summed E-state index contributed by atoms with van der Waals surface area (Å²) >= 11 is 0. The molecule has 0 N–H and O–H groups in total. The van der Waals surface area contributed by atoms with E-state index in [1.54, 1.807) is 7.11 Å². The second-order valence-corrected chi connectivity index (χ2v) is 7.48. The van der Waals surface area contributed by atoms with Crippen molar-refractivity contribution in [3.8, 4) is 11.5 Å². The fraction of sp³-hybridized carbons (Fsp3) is 0.348. The maximum atomic E-state index is 6.18. The van der Waals surface area contributed by atoms with Gasteiger partial charge in [-0.1, -0.05) is 6.07 Å². The standard InChI is InChI=1S/C23H24NO4.HI/c1-24-11-3-4-16-14-17(5-7-19(16)24)22-27-20-8-6-18(15-21(20)28-22)23(25-2)9-12-26-13-10-23;/h3-8,11,14-15,22H,9-10,12-13H2,1-2H3;1H/q+1;/p-1. The van der Waals surface area contributed by atoms with Crippen LogP contribution in [0.25, 0.3) is 10.9 Å². The molecule has 0 amide bonds. The summed E-state index contributed by atoms with van der Waals surface area (Å²) in [6.07, 6.45) is 3.29. The third kappa shape index (κ3) is 3.58. The molecule has 6 heteroatoms. The molecule has 1 saturated heterocycles. The molecule has 5 rings (SSSR count). The molecule has 0 saturated carbocycles. The quantitative estimate of drug-likeness (QED) is 0.390. The highest BCUT2D eigenvalue weighted by Crippen LogP contribution is 2.45. The van der Waals surface area contributed by atoms with E-state index >= 15 is 0 Å². The molecule has 2 aromatic carbocycles. The summed E-state index contributed by atoms with van der Waals surface area (Å²) in [7, 11) is 3.82. The van der Waals surface area contributed by atoms with Crippen molar-refractivity contribution in [2.45, 2.75) is 24.7 Å². The molecule has 5 nitrogen and oxygen atoms in total. The maximum Gasteiger partial charge on any atom is 0.268 e. The van der Waals surface area contributed by atoms with Crippen LogP contribution in [0.3, 0.4) is 0 Å². The highest BCUT2D eigenvalue weighted by atomic mass is 127. The van der Waals surface area contributed by atoms with E-state index in [2.05, 4.69) is 41.0 Å².